The first kappa shape index (κ1) is 18.9. The lowest BCUT2D eigenvalue weighted by Crippen LogP contribution is -2.21. The second-order valence-corrected chi connectivity index (χ2v) is 3.95. The summed E-state index contributed by atoms with van der Waals surface area (Å²) in [6.45, 7) is 2.50. The van der Waals surface area contributed by atoms with Crippen molar-refractivity contribution in [3.8, 4) is 0 Å². The summed E-state index contributed by atoms with van der Waals surface area (Å²) in [5, 5.41) is 10.4. The Morgan fingerprint density at radius 1 is 1.24 bits per heavy atom. The predicted octanol–water partition coefficient (Wildman–Crippen LogP) is 1.03. The normalized spacial score (nSPS) is 14.0. The van der Waals surface area contributed by atoms with E-state index < -0.39 is 12.1 Å². The molecule has 0 saturated carbocycles. The number of nitrogen functional groups attached to an aromatic ring is 2. The Bertz CT molecular complexity index is 396. The second kappa shape index (κ2) is 9.75. The van der Waals surface area contributed by atoms with Gasteiger partial charge in [-0.3, -0.25) is 0 Å². The van der Waals surface area contributed by atoms with Crippen molar-refractivity contribution in [2.75, 3.05) is 24.6 Å². The Morgan fingerprint density at radius 3 is 1.95 bits per heavy atom. The fourth-order valence-corrected chi connectivity index (χ4v) is 1.19. The zero-order valence-electron chi connectivity index (χ0n) is 11.2. The van der Waals surface area contributed by atoms with E-state index in [1.54, 1.807) is 6.07 Å². The summed E-state index contributed by atoms with van der Waals surface area (Å²) in [6.07, 6.45) is 0.644. The van der Waals surface area contributed by atoms with Gasteiger partial charge in [-0.2, -0.15) is 18.2 Å². The fraction of sp³-hybridized carbons (Fsp3) is 0.545. The molecule has 120 valence electrons. The van der Waals surface area contributed by atoms with Crippen molar-refractivity contribution in [1.29, 1.82) is 0 Å². The molecule has 0 spiro atoms. The minimum absolute atomic E-state index is 0.213. The molecule has 2 rings (SSSR count). The summed E-state index contributed by atoms with van der Waals surface area (Å²) < 4.78 is 31.7. The van der Waals surface area contributed by atoms with Gasteiger partial charge < -0.3 is 21.9 Å². The quantitative estimate of drug-likeness (QED) is 0.563. The van der Waals surface area contributed by atoms with E-state index >= 15 is 0 Å². The first-order valence-electron chi connectivity index (χ1n) is 6.08. The van der Waals surface area contributed by atoms with E-state index in [1.807, 2.05) is 0 Å². The molecule has 1 aromatic rings. The van der Waals surface area contributed by atoms with Crippen LogP contribution >= 0.6 is 0 Å². The smallest absolute Gasteiger partial charge is 0.475 e. The van der Waals surface area contributed by atoms with Crippen LogP contribution < -0.4 is 16.8 Å². The summed E-state index contributed by atoms with van der Waals surface area (Å²) in [7, 11) is 0. The number of carboxylic acids is 1. The van der Waals surface area contributed by atoms with Crippen molar-refractivity contribution < 1.29 is 23.1 Å². The van der Waals surface area contributed by atoms with Crippen LogP contribution in [0.4, 0.5) is 24.9 Å². The molecule has 6 N–H and O–H groups in total. The van der Waals surface area contributed by atoms with Gasteiger partial charge in [0.05, 0.1) is 0 Å². The van der Waals surface area contributed by atoms with E-state index in [1.165, 1.54) is 38.5 Å². The summed E-state index contributed by atoms with van der Waals surface area (Å²) in [5.74, 6) is -2.14. The number of rotatable bonds is 0. The Labute approximate surface area is 119 Å². The molecule has 0 aromatic carbocycles. The van der Waals surface area contributed by atoms with Crippen molar-refractivity contribution in [2.24, 2.45) is 0 Å². The van der Waals surface area contributed by atoms with Crippen molar-refractivity contribution in [2.45, 2.75) is 25.4 Å². The van der Waals surface area contributed by atoms with Gasteiger partial charge in [0.2, 0.25) is 5.95 Å². The second-order valence-electron chi connectivity index (χ2n) is 3.95. The number of carbonyl (C=O) groups is 1. The van der Waals surface area contributed by atoms with Gasteiger partial charge in [0.15, 0.2) is 0 Å². The number of hydrogen-bond donors (Lipinski definition) is 4. The van der Waals surface area contributed by atoms with E-state index in [9.17, 15) is 13.2 Å². The number of carboxylic acid groups (broad SMARTS) is 1. The van der Waals surface area contributed by atoms with E-state index in [2.05, 4.69) is 15.3 Å². The number of anilines is 2. The average Bonchev–Trinajstić information content (AvgIpc) is 2.40. The lowest BCUT2D eigenvalue weighted by Gasteiger charge is -2.08. The van der Waals surface area contributed by atoms with Gasteiger partial charge in [-0.05, 0) is 32.0 Å². The minimum atomic E-state index is -5.08. The van der Waals surface area contributed by atoms with Gasteiger partial charge in [0.1, 0.15) is 5.82 Å². The molecule has 0 unspecified atom stereocenters. The van der Waals surface area contributed by atoms with Crippen LogP contribution in [0.5, 0.6) is 0 Å². The molecule has 1 aliphatic heterocycles. The third-order valence-corrected chi connectivity index (χ3v) is 2.15. The summed E-state index contributed by atoms with van der Waals surface area (Å²) in [6, 6.07) is 1.58. The number of halogens is 3. The maximum Gasteiger partial charge on any atom is 0.490 e. The van der Waals surface area contributed by atoms with Crippen LogP contribution in [0.1, 0.15) is 19.3 Å². The summed E-state index contributed by atoms with van der Waals surface area (Å²) >= 11 is 0. The molecule has 2 heterocycles. The molecule has 0 aliphatic carbocycles. The number of nitrogens with two attached hydrogens (primary N) is 2. The highest BCUT2D eigenvalue weighted by molar-refractivity contribution is 5.73. The van der Waals surface area contributed by atoms with E-state index in [0.29, 0.717) is 5.82 Å². The van der Waals surface area contributed by atoms with Gasteiger partial charge >= 0.3 is 12.1 Å². The third-order valence-electron chi connectivity index (χ3n) is 2.15. The fourth-order valence-electron chi connectivity index (χ4n) is 1.19. The Balaban J connectivity index is 0.000000289. The predicted molar refractivity (Wildman–Crippen MR) is 71.3 cm³/mol. The highest BCUT2D eigenvalue weighted by atomic mass is 19.4. The molecule has 1 saturated heterocycles. The maximum atomic E-state index is 10.6. The van der Waals surface area contributed by atoms with Crippen LogP contribution in [0.2, 0.25) is 0 Å². The molecule has 0 radical (unpaired) electrons. The van der Waals surface area contributed by atoms with E-state index in [-0.39, 0.29) is 5.95 Å². The lowest BCUT2D eigenvalue weighted by molar-refractivity contribution is -0.192. The molecular weight excluding hydrogens is 291 g/mol. The number of nitrogens with zero attached hydrogens (tertiary/aromatic N) is 2. The topological polar surface area (TPSA) is 127 Å². The third kappa shape index (κ3) is 11.4. The molecule has 21 heavy (non-hydrogen) atoms. The Hall–Kier alpha value is -2.10. The summed E-state index contributed by atoms with van der Waals surface area (Å²) in [5.41, 5.74) is 10.4. The maximum absolute atomic E-state index is 10.6. The molecule has 0 bridgehead atoms. The highest BCUT2D eigenvalue weighted by Gasteiger charge is 2.38. The van der Waals surface area contributed by atoms with Crippen molar-refractivity contribution in [1.82, 2.24) is 15.3 Å². The van der Waals surface area contributed by atoms with Crippen LogP contribution in [0.25, 0.3) is 0 Å². The van der Waals surface area contributed by atoms with Crippen LogP contribution in [0.15, 0.2) is 12.3 Å². The van der Waals surface area contributed by atoms with Crippen molar-refractivity contribution in [3.05, 3.63) is 12.3 Å². The van der Waals surface area contributed by atoms with Gasteiger partial charge in [-0.25, -0.2) is 9.78 Å². The lowest BCUT2D eigenvalue weighted by atomic mass is 10.2. The van der Waals surface area contributed by atoms with Crippen LogP contribution in [0, 0.1) is 0 Å². The number of nitrogens with one attached hydrogen (secondary N) is 1. The molecule has 10 heteroatoms. The van der Waals surface area contributed by atoms with Crippen LogP contribution in [0.3, 0.4) is 0 Å². The average molecular weight is 309 g/mol. The van der Waals surface area contributed by atoms with E-state index in [0.717, 1.165) is 0 Å². The largest absolute Gasteiger partial charge is 0.490 e. The van der Waals surface area contributed by atoms with Crippen LogP contribution in [-0.4, -0.2) is 40.3 Å². The zero-order chi connectivity index (χ0) is 16.3. The molecule has 0 amide bonds. The summed E-state index contributed by atoms with van der Waals surface area (Å²) in [4.78, 5) is 16.1. The van der Waals surface area contributed by atoms with Crippen LogP contribution in [-0.2, 0) is 4.79 Å². The number of aromatic nitrogens is 2. The SMILES string of the molecule is C1CCNCC1.Nc1ccnc(N)n1.O=C(O)C(F)(F)F. The van der Waals surface area contributed by atoms with Gasteiger partial charge in [0, 0.05) is 6.20 Å². The first-order chi connectivity index (χ1) is 9.73. The van der Waals surface area contributed by atoms with Crippen molar-refractivity contribution >= 4 is 17.7 Å². The minimum Gasteiger partial charge on any atom is -0.475 e. The highest BCUT2D eigenvalue weighted by Crippen LogP contribution is 2.13. The number of alkyl halides is 3. The Morgan fingerprint density at radius 2 is 1.76 bits per heavy atom. The molecule has 1 aromatic heterocycles. The molecule has 1 fully saturated rings. The molecule has 7 nitrogen and oxygen atoms in total. The molecule has 1 aliphatic rings. The van der Waals surface area contributed by atoms with Crippen molar-refractivity contribution in [3.63, 3.8) is 0 Å². The number of hydrogen-bond acceptors (Lipinski definition) is 6. The zero-order valence-corrected chi connectivity index (χ0v) is 11.2. The van der Waals surface area contributed by atoms with Gasteiger partial charge in [-0.1, -0.05) is 6.42 Å². The number of aliphatic carboxylic acids is 1. The number of piperidine rings is 1. The van der Waals surface area contributed by atoms with Gasteiger partial charge in [-0.15, -0.1) is 0 Å². The van der Waals surface area contributed by atoms with Gasteiger partial charge in [0.25, 0.3) is 0 Å². The Kier molecular flexibility index (Phi) is 8.77. The molecular formula is C11H18F3N5O2. The van der Waals surface area contributed by atoms with E-state index in [4.69, 9.17) is 21.4 Å². The molecule has 0 atom stereocenters. The first-order valence-corrected chi connectivity index (χ1v) is 6.08. The standard InChI is InChI=1S/C5H11N.C4H6N4.C2HF3O2/c1-2-4-6-5-3-1;5-3-1-2-7-4(6)8-3;3-2(4,5)1(6)7/h6H,1-5H2;1-2H,(H4,5,6,7,8);(H,6,7). The monoisotopic (exact) mass is 309 g/mol.